The summed E-state index contributed by atoms with van der Waals surface area (Å²) in [5, 5.41) is 14.0. The second-order valence-corrected chi connectivity index (χ2v) is 11.6. The largest absolute Gasteiger partial charge is 0.493 e. The number of nitrogens with zero attached hydrogens (tertiary/aromatic N) is 4. The summed E-state index contributed by atoms with van der Waals surface area (Å²) in [7, 11) is 3.56. The highest BCUT2D eigenvalue weighted by atomic mass is 16.5. The molecule has 1 fully saturated rings. The van der Waals surface area contributed by atoms with E-state index in [1.807, 2.05) is 63.4 Å². The highest BCUT2D eigenvalue weighted by Gasteiger charge is 2.25. The van der Waals surface area contributed by atoms with Crippen LogP contribution < -0.4 is 15.0 Å². The second kappa shape index (κ2) is 11.6. The number of Topliss-reactive ketones (excluding diaryl/α,β-unsaturated/α-hetero) is 1. The van der Waals surface area contributed by atoms with Crippen LogP contribution in [0.1, 0.15) is 42.3 Å². The number of fused-ring (bicyclic) bond motifs is 1. The molecule has 4 aromatic rings. The molecule has 1 aliphatic heterocycles. The number of benzene rings is 3. The number of nitriles is 1. The van der Waals surface area contributed by atoms with E-state index in [-0.39, 0.29) is 22.4 Å². The monoisotopic (exact) mass is 561 g/mol. The standard InChI is InChI=1S/C34H35N5O3/c1-34(2,3)24-18-23(21-35)32(42-5)29(20-24)37-33(41)31(40)28-11-10-25(26-8-6-7-9-27(26)28)22-12-13-36-30(19-22)39-16-14-38(4)15-17-39/h6-13,18-20H,14-17H2,1-5H3,(H,37,41). The number of carbonyl (C=O) groups excluding carboxylic acids is 2. The number of hydrogen-bond acceptors (Lipinski definition) is 7. The Kier molecular flexibility index (Phi) is 7.97. The van der Waals surface area contributed by atoms with Crippen LogP contribution in [0.4, 0.5) is 11.5 Å². The number of likely N-dealkylation sites (N-methyl/N-ethyl adjacent to an activating group) is 1. The molecule has 214 valence electrons. The van der Waals surface area contributed by atoms with Gasteiger partial charge < -0.3 is 19.9 Å². The van der Waals surface area contributed by atoms with Crippen molar-refractivity contribution in [2.45, 2.75) is 26.2 Å². The maximum absolute atomic E-state index is 13.6. The third-order valence-corrected chi connectivity index (χ3v) is 7.79. The van der Waals surface area contributed by atoms with Crippen LogP contribution in [0.15, 0.2) is 66.9 Å². The SMILES string of the molecule is COc1c(C#N)cc(C(C)(C)C)cc1NC(=O)C(=O)c1ccc(-c2ccnc(N3CCN(C)CC3)c2)c2ccccc12. The number of piperazine rings is 1. The van der Waals surface area contributed by atoms with Gasteiger partial charge in [-0.25, -0.2) is 4.98 Å². The molecule has 1 saturated heterocycles. The van der Waals surface area contributed by atoms with Gasteiger partial charge in [0.25, 0.3) is 11.7 Å². The van der Waals surface area contributed by atoms with Crippen molar-refractivity contribution in [3.63, 3.8) is 0 Å². The van der Waals surface area contributed by atoms with Crippen molar-refractivity contribution in [3.05, 3.63) is 83.6 Å². The molecule has 0 aliphatic carbocycles. The summed E-state index contributed by atoms with van der Waals surface area (Å²) >= 11 is 0. The first-order valence-corrected chi connectivity index (χ1v) is 14.0. The molecule has 8 nitrogen and oxygen atoms in total. The number of ketones is 1. The Morgan fingerprint density at radius 2 is 1.69 bits per heavy atom. The third-order valence-electron chi connectivity index (χ3n) is 7.79. The van der Waals surface area contributed by atoms with Gasteiger partial charge in [-0.15, -0.1) is 0 Å². The minimum atomic E-state index is -0.803. The quantitative estimate of drug-likeness (QED) is 0.240. The van der Waals surface area contributed by atoms with Crippen molar-refractivity contribution in [2.75, 3.05) is 50.6 Å². The van der Waals surface area contributed by atoms with Gasteiger partial charge in [0.1, 0.15) is 11.9 Å². The van der Waals surface area contributed by atoms with Crippen LogP contribution in [0, 0.1) is 11.3 Å². The average Bonchev–Trinajstić information content (AvgIpc) is 2.99. The number of aromatic nitrogens is 1. The van der Waals surface area contributed by atoms with Crippen LogP contribution in [0.3, 0.4) is 0 Å². The fourth-order valence-electron chi connectivity index (χ4n) is 5.30. The summed E-state index contributed by atoms with van der Waals surface area (Å²) < 4.78 is 5.46. The van der Waals surface area contributed by atoms with Crippen LogP contribution in [0.5, 0.6) is 5.75 Å². The van der Waals surface area contributed by atoms with E-state index >= 15 is 0 Å². The molecule has 8 heteroatoms. The number of hydrogen-bond donors (Lipinski definition) is 1. The van der Waals surface area contributed by atoms with Crippen LogP contribution in [-0.2, 0) is 10.2 Å². The van der Waals surface area contributed by atoms with Gasteiger partial charge in [-0.1, -0.05) is 51.1 Å². The molecular formula is C34H35N5O3. The number of carbonyl (C=O) groups is 2. The fourth-order valence-corrected chi connectivity index (χ4v) is 5.30. The van der Waals surface area contributed by atoms with Crippen molar-refractivity contribution >= 4 is 34.0 Å². The molecule has 1 aliphatic rings. The molecule has 2 heterocycles. The van der Waals surface area contributed by atoms with Crippen molar-refractivity contribution in [2.24, 2.45) is 0 Å². The van der Waals surface area contributed by atoms with E-state index in [9.17, 15) is 14.9 Å². The number of anilines is 2. The highest BCUT2D eigenvalue weighted by molar-refractivity contribution is 6.48. The summed E-state index contributed by atoms with van der Waals surface area (Å²) in [4.78, 5) is 36.2. The molecule has 0 bridgehead atoms. The summed E-state index contributed by atoms with van der Waals surface area (Å²) in [6, 6.07) is 20.9. The lowest BCUT2D eigenvalue weighted by Gasteiger charge is -2.33. The first-order valence-electron chi connectivity index (χ1n) is 14.0. The van der Waals surface area contributed by atoms with E-state index in [4.69, 9.17) is 4.74 Å². The molecule has 5 rings (SSSR count). The molecule has 0 radical (unpaired) electrons. The Morgan fingerprint density at radius 1 is 0.976 bits per heavy atom. The summed E-state index contributed by atoms with van der Waals surface area (Å²) in [6.07, 6.45) is 1.82. The van der Waals surface area contributed by atoms with E-state index in [2.05, 4.69) is 39.3 Å². The number of nitrogens with one attached hydrogen (secondary N) is 1. The van der Waals surface area contributed by atoms with Crippen molar-refractivity contribution in [3.8, 4) is 22.9 Å². The van der Waals surface area contributed by atoms with E-state index in [0.29, 0.717) is 10.9 Å². The summed E-state index contributed by atoms with van der Waals surface area (Å²) in [6.45, 7) is 9.83. The van der Waals surface area contributed by atoms with Crippen LogP contribution >= 0.6 is 0 Å². The number of pyridine rings is 1. The Balaban J connectivity index is 1.49. The average molecular weight is 562 g/mol. The van der Waals surface area contributed by atoms with Gasteiger partial charge in [0.05, 0.1) is 18.4 Å². The predicted octanol–water partition coefficient (Wildman–Crippen LogP) is 5.65. The lowest BCUT2D eigenvalue weighted by Crippen LogP contribution is -2.44. The summed E-state index contributed by atoms with van der Waals surface area (Å²) in [5.74, 6) is -0.331. The number of rotatable bonds is 6. The van der Waals surface area contributed by atoms with Crippen LogP contribution in [0.25, 0.3) is 21.9 Å². The van der Waals surface area contributed by atoms with Gasteiger partial charge in [0, 0.05) is 37.9 Å². The van der Waals surface area contributed by atoms with Crippen LogP contribution in [-0.4, -0.2) is 61.9 Å². The maximum Gasteiger partial charge on any atom is 0.296 e. The molecule has 1 amide bonds. The number of ether oxygens (including phenoxy) is 1. The Hall–Kier alpha value is -4.74. The second-order valence-electron chi connectivity index (χ2n) is 11.6. The molecule has 0 spiro atoms. The molecule has 3 aromatic carbocycles. The van der Waals surface area contributed by atoms with Gasteiger partial charge >= 0.3 is 0 Å². The molecule has 1 N–H and O–H groups in total. The van der Waals surface area contributed by atoms with Gasteiger partial charge in [0.15, 0.2) is 5.75 Å². The normalized spacial score (nSPS) is 14.0. The maximum atomic E-state index is 13.6. The number of methoxy groups -OCH3 is 1. The molecule has 1 aromatic heterocycles. The van der Waals surface area contributed by atoms with Crippen molar-refractivity contribution < 1.29 is 14.3 Å². The molecule has 0 saturated carbocycles. The molecular weight excluding hydrogens is 526 g/mol. The molecule has 42 heavy (non-hydrogen) atoms. The first-order chi connectivity index (χ1) is 20.1. The zero-order valence-electron chi connectivity index (χ0n) is 24.7. The smallest absolute Gasteiger partial charge is 0.296 e. The Bertz CT molecular complexity index is 1710. The zero-order chi connectivity index (χ0) is 30.0. The lowest BCUT2D eigenvalue weighted by atomic mass is 9.85. The van der Waals surface area contributed by atoms with E-state index in [1.54, 1.807) is 18.2 Å². The zero-order valence-corrected chi connectivity index (χ0v) is 24.7. The van der Waals surface area contributed by atoms with Gasteiger partial charge in [-0.2, -0.15) is 5.26 Å². The van der Waals surface area contributed by atoms with Gasteiger partial charge in [-0.05, 0) is 70.3 Å². The highest BCUT2D eigenvalue weighted by Crippen LogP contribution is 2.36. The minimum absolute atomic E-state index is 0.223. The van der Waals surface area contributed by atoms with Crippen LogP contribution in [0.2, 0.25) is 0 Å². The first kappa shape index (κ1) is 28.8. The van der Waals surface area contributed by atoms with E-state index in [0.717, 1.165) is 54.1 Å². The van der Waals surface area contributed by atoms with Gasteiger partial charge in [-0.3, -0.25) is 9.59 Å². The van der Waals surface area contributed by atoms with Crippen molar-refractivity contribution in [1.29, 1.82) is 5.26 Å². The minimum Gasteiger partial charge on any atom is -0.493 e. The Morgan fingerprint density at radius 3 is 2.36 bits per heavy atom. The topological polar surface area (TPSA) is 98.6 Å². The molecule has 0 unspecified atom stereocenters. The lowest BCUT2D eigenvalue weighted by molar-refractivity contribution is -0.112. The Labute approximate surface area is 246 Å². The fraction of sp³-hybridized carbons (Fsp3) is 0.294. The molecule has 0 atom stereocenters. The van der Waals surface area contributed by atoms with E-state index < -0.39 is 11.7 Å². The van der Waals surface area contributed by atoms with Crippen molar-refractivity contribution in [1.82, 2.24) is 9.88 Å². The third kappa shape index (κ3) is 5.69. The summed E-state index contributed by atoms with van der Waals surface area (Å²) in [5.41, 5.74) is 3.37. The van der Waals surface area contributed by atoms with E-state index in [1.165, 1.54) is 7.11 Å². The predicted molar refractivity (Wildman–Crippen MR) is 166 cm³/mol. The van der Waals surface area contributed by atoms with Gasteiger partial charge in [0.2, 0.25) is 0 Å². The number of amides is 1.